The third-order valence-electron chi connectivity index (χ3n) is 4.32. The van der Waals surface area contributed by atoms with Crippen molar-refractivity contribution in [2.75, 3.05) is 7.11 Å². The Morgan fingerprint density at radius 2 is 2.00 bits per heavy atom. The van der Waals surface area contributed by atoms with Crippen LogP contribution in [0.2, 0.25) is 0 Å². The van der Waals surface area contributed by atoms with Crippen molar-refractivity contribution >= 4 is 5.91 Å². The van der Waals surface area contributed by atoms with E-state index >= 15 is 0 Å². The molecule has 1 aliphatic rings. The number of rotatable bonds is 7. The number of hydrogen-bond donors (Lipinski definition) is 1. The van der Waals surface area contributed by atoms with Crippen molar-refractivity contribution in [1.82, 2.24) is 4.90 Å². The van der Waals surface area contributed by atoms with Gasteiger partial charge in [0.2, 0.25) is 5.91 Å². The first-order chi connectivity index (χ1) is 10.1. The quantitative estimate of drug-likeness (QED) is 0.839. The molecule has 1 aliphatic carbocycles. The van der Waals surface area contributed by atoms with E-state index in [0.29, 0.717) is 12.6 Å². The lowest BCUT2D eigenvalue weighted by Crippen LogP contribution is -2.47. The van der Waals surface area contributed by atoms with Crippen molar-refractivity contribution in [3.63, 3.8) is 0 Å². The Bertz CT molecular complexity index is 468. The Morgan fingerprint density at radius 1 is 1.38 bits per heavy atom. The van der Waals surface area contributed by atoms with Crippen LogP contribution in [0, 0.1) is 5.92 Å². The zero-order valence-electron chi connectivity index (χ0n) is 13.2. The van der Waals surface area contributed by atoms with Gasteiger partial charge in [-0.15, -0.1) is 0 Å². The number of carbonyl (C=O) groups is 1. The van der Waals surface area contributed by atoms with Crippen molar-refractivity contribution in [2.24, 2.45) is 11.7 Å². The highest BCUT2D eigenvalue weighted by atomic mass is 16.5. The molecule has 1 aromatic rings. The van der Waals surface area contributed by atoms with Crippen LogP contribution in [-0.4, -0.2) is 30.0 Å². The van der Waals surface area contributed by atoms with E-state index in [-0.39, 0.29) is 11.8 Å². The molecule has 0 saturated heterocycles. The van der Waals surface area contributed by atoms with Gasteiger partial charge in [-0.2, -0.15) is 0 Å². The van der Waals surface area contributed by atoms with Crippen molar-refractivity contribution < 1.29 is 9.53 Å². The average Bonchev–Trinajstić information content (AvgIpc) is 3.35. The molecular formula is C17H26N2O2. The highest BCUT2D eigenvalue weighted by molar-refractivity contribution is 5.82. The lowest BCUT2D eigenvalue weighted by molar-refractivity contribution is -0.135. The molecule has 0 spiro atoms. The number of ether oxygens (including phenoxy) is 1. The molecule has 0 radical (unpaired) electrons. The molecule has 2 N–H and O–H groups in total. The summed E-state index contributed by atoms with van der Waals surface area (Å²) in [6.07, 6.45) is 3.11. The summed E-state index contributed by atoms with van der Waals surface area (Å²) in [4.78, 5) is 14.6. The molecule has 2 unspecified atom stereocenters. The van der Waals surface area contributed by atoms with Gasteiger partial charge >= 0.3 is 0 Å². The zero-order chi connectivity index (χ0) is 15.4. The van der Waals surface area contributed by atoms with E-state index in [1.807, 2.05) is 36.1 Å². The number of nitrogens with zero attached hydrogens (tertiary/aromatic N) is 1. The number of nitrogens with two attached hydrogens (primary N) is 1. The Balaban J connectivity index is 2.06. The standard InChI is InChI=1S/C17H26N2O2/c1-4-12(2)16(18)17(20)19(14-7-8-14)11-13-5-9-15(21-3)10-6-13/h5-6,9-10,12,14,16H,4,7-8,11,18H2,1-3H3. The highest BCUT2D eigenvalue weighted by Gasteiger charge is 2.35. The molecule has 2 rings (SSSR count). The molecule has 0 aliphatic heterocycles. The van der Waals surface area contributed by atoms with Gasteiger partial charge in [-0.05, 0) is 36.5 Å². The minimum absolute atomic E-state index is 0.0858. The summed E-state index contributed by atoms with van der Waals surface area (Å²) in [6.45, 7) is 4.75. The van der Waals surface area contributed by atoms with Gasteiger partial charge in [0, 0.05) is 12.6 Å². The second-order valence-electron chi connectivity index (χ2n) is 5.96. The zero-order valence-corrected chi connectivity index (χ0v) is 13.2. The molecule has 0 heterocycles. The van der Waals surface area contributed by atoms with Crippen LogP contribution < -0.4 is 10.5 Å². The largest absolute Gasteiger partial charge is 0.497 e. The van der Waals surface area contributed by atoms with Gasteiger partial charge in [-0.3, -0.25) is 4.79 Å². The maximum Gasteiger partial charge on any atom is 0.240 e. The van der Waals surface area contributed by atoms with Gasteiger partial charge in [0.15, 0.2) is 0 Å². The maximum absolute atomic E-state index is 12.6. The predicted molar refractivity (Wildman–Crippen MR) is 84.0 cm³/mol. The summed E-state index contributed by atoms with van der Waals surface area (Å²) in [5.74, 6) is 1.14. The first-order valence-electron chi connectivity index (χ1n) is 7.75. The molecule has 21 heavy (non-hydrogen) atoms. The monoisotopic (exact) mass is 290 g/mol. The summed E-state index contributed by atoms with van der Waals surface area (Å²) in [5, 5.41) is 0. The Kier molecular flexibility index (Phi) is 5.23. The van der Waals surface area contributed by atoms with E-state index in [4.69, 9.17) is 10.5 Å². The van der Waals surface area contributed by atoms with E-state index in [0.717, 1.165) is 30.6 Å². The van der Waals surface area contributed by atoms with Gasteiger partial charge in [0.1, 0.15) is 5.75 Å². The summed E-state index contributed by atoms with van der Waals surface area (Å²) in [5.41, 5.74) is 7.24. The minimum Gasteiger partial charge on any atom is -0.497 e. The summed E-state index contributed by atoms with van der Waals surface area (Å²) < 4.78 is 5.17. The summed E-state index contributed by atoms with van der Waals surface area (Å²) >= 11 is 0. The number of carbonyl (C=O) groups excluding carboxylic acids is 1. The smallest absolute Gasteiger partial charge is 0.240 e. The number of hydrogen-bond acceptors (Lipinski definition) is 3. The van der Waals surface area contributed by atoms with Crippen LogP contribution in [0.15, 0.2) is 24.3 Å². The van der Waals surface area contributed by atoms with Crippen LogP contribution in [0.5, 0.6) is 5.75 Å². The third kappa shape index (κ3) is 3.97. The molecule has 1 fully saturated rings. The second kappa shape index (κ2) is 6.94. The Hall–Kier alpha value is -1.55. The van der Waals surface area contributed by atoms with Gasteiger partial charge < -0.3 is 15.4 Å². The topological polar surface area (TPSA) is 55.6 Å². The van der Waals surface area contributed by atoms with E-state index in [2.05, 4.69) is 6.92 Å². The molecule has 2 atom stereocenters. The Labute approximate surface area is 127 Å². The van der Waals surface area contributed by atoms with Crippen LogP contribution in [0.25, 0.3) is 0 Å². The van der Waals surface area contributed by atoms with Crippen LogP contribution in [-0.2, 0) is 11.3 Å². The van der Waals surface area contributed by atoms with Gasteiger partial charge in [-0.25, -0.2) is 0 Å². The van der Waals surface area contributed by atoms with Crippen LogP contribution in [0.4, 0.5) is 0 Å². The van der Waals surface area contributed by atoms with Crippen molar-refractivity contribution in [2.45, 2.75) is 51.7 Å². The van der Waals surface area contributed by atoms with Crippen molar-refractivity contribution in [3.05, 3.63) is 29.8 Å². The van der Waals surface area contributed by atoms with E-state index in [1.165, 1.54) is 0 Å². The fourth-order valence-electron chi connectivity index (χ4n) is 2.39. The first kappa shape index (κ1) is 15.8. The average molecular weight is 290 g/mol. The molecule has 1 amide bonds. The molecule has 1 aromatic carbocycles. The summed E-state index contributed by atoms with van der Waals surface area (Å²) in [7, 11) is 1.65. The molecule has 4 nitrogen and oxygen atoms in total. The van der Waals surface area contributed by atoms with Gasteiger partial charge in [0.25, 0.3) is 0 Å². The van der Waals surface area contributed by atoms with Gasteiger partial charge in [-0.1, -0.05) is 32.4 Å². The molecular weight excluding hydrogens is 264 g/mol. The van der Waals surface area contributed by atoms with Crippen molar-refractivity contribution in [1.29, 1.82) is 0 Å². The second-order valence-corrected chi connectivity index (χ2v) is 5.96. The number of methoxy groups -OCH3 is 1. The van der Waals surface area contributed by atoms with Crippen molar-refractivity contribution in [3.8, 4) is 5.75 Å². The predicted octanol–water partition coefficient (Wildman–Crippen LogP) is 2.56. The lowest BCUT2D eigenvalue weighted by atomic mass is 9.98. The number of benzene rings is 1. The minimum atomic E-state index is -0.395. The summed E-state index contributed by atoms with van der Waals surface area (Å²) in [6, 6.07) is 7.86. The SMILES string of the molecule is CCC(C)C(N)C(=O)N(Cc1ccc(OC)cc1)C1CC1. The van der Waals surface area contributed by atoms with Crippen LogP contribution >= 0.6 is 0 Å². The first-order valence-corrected chi connectivity index (χ1v) is 7.75. The van der Waals surface area contributed by atoms with Crippen LogP contribution in [0.1, 0.15) is 38.7 Å². The Morgan fingerprint density at radius 3 is 2.48 bits per heavy atom. The molecule has 0 aromatic heterocycles. The fourth-order valence-corrected chi connectivity index (χ4v) is 2.39. The third-order valence-corrected chi connectivity index (χ3v) is 4.32. The van der Waals surface area contributed by atoms with E-state index in [9.17, 15) is 4.79 Å². The molecule has 116 valence electrons. The molecule has 4 heteroatoms. The van der Waals surface area contributed by atoms with E-state index < -0.39 is 6.04 Å². The number of amides is 1. The fraction of sp³-hybridized carbons (Fsp3) is 0.588. The lowest BCUT2D eigenvalue weighted by Gasteiger charge is -2.28. The molecule has 1 saturated carbocycles. The van der Waals surface area contributed by atoms with E-state index in [1.54, 1.807) is 7.11 Å². The molecule has 0 bridgehead atoms. The van der Waals surface area contributed by atoms with Crippen LogP contribution in [0.3, 0.4) is 0 Å². The highest BCUT2D eigenvalue weighted by Crippen LogP contribution is 2.30. The normalized spacial score (nSPS) is 17.1. The van der Waals surface area contributed by atoms with Gasteiger partial charge in [0.05, 0.1) is 13.2 Å². The maximum atomic E-state index is 12.6.